The molecular formula is C25H23N5. The van der Waals surface area contributed by atoms with Crippen molar-refractivity contribution < 1.29 is 0 Å². The molecule has 0 amide bonds. The van der Waals surface area contributed by atoms with Crippen LogP contribution in [-0.2, 0) is 6.42 Å². The number of allylic oxidation sites excluding steroid dienone is 2. The molecule has 3 N–H and O–H groups in total. The molecular weight excluding hydrogens is 370 g/mol. The summed E-state index contributed by atoms with van der Waals surface area (Å²) in [6, 6.07) is 15.4. The van der Waals surface area contributed by atoms with Crippen LogP contribution < -0.4 is 10.6 Å². The molecule has 0 saturated carbocycles. The highest BCUT2D eigenvalue weighted by molar-refractivity contribution is 6.02. The van der Waals surface area contributed by atoms with Crippen LogP contribution in [0.5, 0.6) is 0 Å². The van der Waals surface area contributed by atoms with Gasteiger partial charge in [-0.2, -0.15) is 0 Å². The van der Waals surface area contributed by atoms with Crippen LogP contribution in [0.25, 0.3) is 23.1 Å². The van der Waals surface area contributed by atoms with E-state index in [1.54, 1.807) is 0 Å². The van der Waals surface area contributed by atoms with E-state index in [-0.39, 0.29) is 0 Å². The van der Waals surface area contributed by atoms with Crippen molar-refractivity contribution in [2.75, 3.05) is 26.2 Å². The molecule has 6 rings (SSSR count). The minimum atomic E-state index is 0.850. The van der Waals surface area contributed by atoms with E-state index >= 15 is 0 Å². The van der Waals surface area contributed by atoms with Gasteiger partial charge in [0.05, 0.1) is 18.8 Å². The summed E-state index contributed by atoms with van der Waals surface area (Å²) in [5.74, 6) is 1.99. The number of hydrogen-bond acceptors (Lipinski definition) is 4. The highest BCUT2D eigenvalue weighted by atomic mass is 15.1. The number of fused-ring (bicyclic) bond motifs is 2. The lowest BCUT2D eigenvalue weighted by Crippen LogP contribution is -2.19. The molecule has 30 heavy (non-hydrogen) atoms. The van der Waals surface area contributed by atoms with Crippen molar-refractivity contribution >= 4 is 34.7 Å². The Morgan fingerprint density at radius 3 is 2.53 bits per heavy atom. The van der Waals surface area contributed by atoms with E-state index in [0.29, 0.717) is 0 Å². The summed E-state index contributed by atoms with van der Waals surface area (Å²) in [5, 5.41) is 7.90. The Morgan fingerprint density at radius 2 is 1.70 bits per heavy atom. The lowest BCUT2D eigenvalue weighted by molar-refractivity contribution is 0.959. The third kappa shape index (κ3) is 3.12. The number of aromatic amines is 1. The zero-order chi connectivity index (χ0) is 19.9. The molecule has 5 nitrogen and oxygen atoms in total. The van der Waals surface area contributed by atoms with Crippen LogP contribution in [0.15, 0.2) is 64.1 Å². The van der Waals surface area contributed by atoms with Crippen LogP contribution in [-0.4, -0.2) is 42.8 Å². The fraction of sp³-hybridized carbons (Fsp3) is 0.200. The largest absolute Gasteiger partial charge is 0.368 e. The fourth-order valence-corrected chi connectivity index (χ4v) is 4.37. The van der Waals surface area contributed by atoms with E-state index in [1.165, 1.54) is 33.2 Å². The second kappa shape index (κ2) is 7.02. The Balaban J connectivity index is 1.21. The van der Waals surface area contributed by atoms with Crippen molar-refractivity contribution in [1.29, 1.82) is 0 Å². The van der Waals surface area contributed by atoms with E-state index in [4.69, 9.17) is 0 Å². The van der Waals surface area contributed by atoms with Gasteiger partial charge >= 0.3 is 0 Å². The van der Waals surface area contributed by atoms with Gasteiger partial charge in [0.15, 0.2) is 0 Å². The molecule has 1 aliphatic carbocycles. The van der Waals surface area contributed by atoms with Gasteiger partial charge in [0.1, 0.15) is 11.7 Å². The van der Waals surface area contributed by atoms with E-state index in [1.807, 2.05) is 0 Å². The Morgan fingerprint density at radius 1 is 0.833 bits per heavy atom. The van der Waals surface area contributed by atoms with Crippen molar-refractivity contribution in [3.05, 3.63) is 82.1 Å². The van der Waals surface area contributed by atoms with Crippen molar-refractivity contribution in [2.24, 2.45) is 9.98 Å². The summed E-state index contributed by atoms with van der Waals surface area (Å²) in [6.07, 6.45) is 7.69. The highest BCUT2D eigenvalue weighted by Crippen LogP contribution is 2.28. The third-order valence-corrected chi connectivity index (χ3v) is 5.89. The first kappa shape index (κ1) is 17.3. The molecule has 0 bridgehead atoms. The molecule has 3 heterocycles. The zero-order valence-electron chi connectivity index (χ0n) is 16.7. The predicted molar refractivity (Wildman–Crippen MR) is 124 cm³/mol. The highest BCUT2D eigenvalue weighted by Gasteiger charge is 2.15. The summed E-state index contributed by atoms with van der Waals surface area (Å²) in [5.41, 5.74) is 8.61. The summed E-state index contributed by atoms with van der Waals surface area (Å²) in [7, 11) is 0. The molecule has 0 unspecified atom stereocenters. The van der Waals surface area contributed by atoms with Gasteiger partial charge in [-0.05, 0) is 46.9 Å². The van der Waals surface area contributed by atoms with Crippen LogP contribution in [0, 0.1) is 0 Å². The molecule has 148 valence electrons. The van der Waals surface area contributed by atoms with Gasteiger partial charge in [0, 0.05) is 29.6 Å². The maximum absolute atomic E-state index is 4.54. The molecule has 0 radical (unpaired) electrons. The van der Waals surface area contributed by atoms with Gasteiger partial charge in [-0.3, -0.25) is 9.98 Å². The molecule has 5 heteroatoms. The lowest BCUT2D eigenvalue weighted by atomic mass is 10.0. The first-order chi connectivity index (χ1) is 14.8. The number of nitrogens with one attached hydrogen (secondary N) is 3. The Kier molecular flexibility index (Phi) is 4.04. The third-order valence-electron chi connectivity index (χ3n) is 5.89. The van der Waals surface area contributed by atoms with Crippen molar-refractivity contribution in [3.63, 3.8) is 0 Å². The number of rotatable bonds is 4. The molecule has 3 aliphatic rings. The van der Waals surface area contributed by atoms with Gasteiger partial charge in [-0.25, -0.2) is 0 Å². The van der Waals surface area contributed by atoms with Crippen LogP contribution in [0.1, 0.15) is 27.9 Å². The number of aromatic nitrogens is 1. The lowest BCUT2D eigenvalue weighted by Gasteiger charge is -2.05. The number of nitrogens with zero attached hydrogens (tertiary/aromatic N) is 2. The maximum atomic E-state index is 4.54. The van der Waals surface area contributed by atoms with Crippen molar-refractivity contribution in [3.8, 4) is 0 Å². The SMILES string of the molecule is C1=C(/C=C/c2ccc3cc(C4=NCCN4)[nH]c3c2)Cc2cc(C3=NCCN3)ccc21. The van der Waals surface area contributed by atoms with Gasteiger partial charge in [0.2, 0.25) is 0 Å². The first-order valence-electron chi connectivity index (χ1n) is 10.5. The smallest absolute Gasteiger partial charge is 0.145 e. The minimum Gasteiger partial charge on any atom is -0.368 e. The van der Waals surface area contributed by atoms with Crippen LogP contribution in [0.3, 0.4) is 0 Å². The Bertz CT molecular complexity index is 1270. The summed E-state index contributed by atoms with van der Waals surface area (Å²) < 4.78 is 0. The van der Waals surface area contributed by atoms with Gasteiger partial charge < -0.3 is 15.6 Å². The van der Waals surface area contributed by atoms with E-state index in [2.05, 4.69) is 86.3 Å². The second-order valence-electron chi connectivity index (χ2n) is 7.99. The summed E-state index contributed by atoms with van der Waals surface area (Å²) in [4.78, 5) is 12.5. The number of aliphatic imine (C=N–C) groups is 2. The summed E-state index contributed by atoms with van der Waals surface area (Å²) >= 11 is 0. The monoisotopic (exact) mass is 393 g/mol. The van der Waals surface area contributed by atoms with Crippen LogP contribution in [0.2, 0.25) is 0 Å². The number of amidine groups is 2. The van der Waals surface area contributed by atoms with Crippen LogP contribution in [0.4, 0.5) is 0 Å². The molecule has 2 aliphatic heterocycles. The predicted octanol–water partition coefficient (Wildman–Crippen LogP) is 3.52. The zero-order valence-corrected chi connectivity index (χ0v) is 16.7. The van der Waals surface area contributed by atoms with E-state index in [0.717, 1.165) is 55.5 Å². The average Bonchev–Trinajstić information content (AvgIpc) is 3.56. The molecule has 0 spiro atoms. The Hall–Kier alpha value is -3.60. The van der Waals surface area contributed by atoms with Crippen molar-refractivity contribution in [2.45, 2.75) is 6.42 Å². The minimum absolute atomic E-state index is 0.850. The van der Waals surface area contributed by atoms with Gasteiger partial charge in [-0.15, -0.1) is 0 Å². The van der Waals surface area contributed by atoms with E-state index in [9.17, 15) is 0 Å². The quantitative estimate of drug-likeness (QED) is 0.635. The number of hydrogen-bond donors (Lipinski definition) is 3. The number of H-pyrrole nitrogens is 1. The van der Waals surface area contributed by atoms with Crippen molar-refractivity contribution in [1.82, 2.24) is 15.6 Å². The standard InChI is InChI=1S/C25H23N5/c1(16-3-4-19-15-23(30-22(19)13-16)25-28-9-10-29-25)2-17-11-18-5-6-20(14-21(18)12-17)24-26-7-8-27-24/h1-6,11,13-15,30H,7-10,12H2,(H,26,27)(H,28,29)/b2-1+. The molecule has 0 saturated heterocycles. The van der Waals surface area contributed by atoms with Gasteiger partial charge in [0.25, 0.3) is 0 Å². The molecule has 1 aromatic heterocycles. The molecule has 2 aromatic carbocycles. The molecule has 0 atom stereocenters. The molecule has 3 aromatic rings. The first-order valence-corrected chi connectivity index (χ1v) is 10.5. The second-order valence-corrected chi connectivity index (χ2v) is 7.99. The summed E-state index contributed by atoms with van der Waals surface area (Å²) in [6.45, 7) is 3.58. The average molecular weight is 393 g/mol. The van der Waals surface area contributed by atoms with Gasteiger partial charge in [-0.1, -0.05) is 42.5 Å². The fourth-order valence-electron chi connectivity index (χ4n) is 4.37. The molecule has 0 fully saturated rings. The van der Waals surface area contributed by atoms with E-state index < -0.39 is 0 Å². The maximum Gasteiger partial charge on any atom is 0.145 e. The normalized spacial score (nSPS) is 17.7. The Labute approximate surface area is 175 Å². The van der Waals surface area contributed by atoms with Crippen LogP contribution >= 0.6 is 0 Å². The number of benzene rings is 2. The topological polar surface area (TPSA) is 64.6 Å².